The van der Waals surface area contributed by atoms with Crippen molar-refractivity contribution < 1.29 is 19.5 Å². The molecule has 1 heterocycles. The fraction of sp³-hybridized carbons (Fsp3) is 0.182. The highest BCUT2D eigenvalue weighted by Gasteiger charge is 2.40. The summed E-state index contributed by atoms with van der Waals surface area (Å²) < 4.78 is 0. The molecule has 2 amide bonds. The molecule has 0 aromatic heterocycles. The van der Waals surface area contributed by atoms with Crippen LogP contribution in [-0.4, -0.2) is 39.0 Å². The zero-order chi connectivity index (χ0) is 14.0. The molecular formula is C11H9ClN2O4S. The molecule has 2 N–H and O–H groups in total. The highest BCUT2D eigenvalue weighted by molar-refractivity contribution is 8.15. The van der Waals surface area contributed by atoms with Crippen LogP contribution in [0.15, 0.2) is 24.3 Å². The Hall–Kier alpha value is -1.73. The second kappa shape index (κ2) is 5.50. The van der Waals surface area contributed by atoms with Crippen LogP contribution in [0.25, 0.3) is 0 Å². The van der Waals surface area contributed by atoms with E-state index in [4.69, 9.17) is 16.7 Å². The zero-order valence-electron chi connectivity index (χ0n) is 9.50. The number of anilines is 1. The van der Waals surface area contributed by atoms with Crippen molar-refractivity contribution in [2.24, 2.45) is 0 Å². The maximum absolute atomic E-state index is 11.9. The van der Waals surface area contributed by atoms with Gasteiger partial charge in [0, 0.05) is 10.7 Å². The van der Waals surface area contributed by atoms with E-state index in [-0.39, 0.29) is 0 Å². The number of carboxylic acid groups (broad SMARTS) is 1. The van der Waals surface area contributed by atoms with E-state index in [1.807, 2.05) is 0 Å². The molecule has 1 aromatic rings. The predicted molar refractivity (Wildman–Crippen MR) is 71.2 cm³/mol. The number of halogens is 1. The number of thioether (sulfide) groups is 1. The summed E-state index contributed by atoms with van der Waals surface area (Å²) in [6.07, 6.45) is 0. The van der Waals surface area contributed by atoms with Crippen molar-refractivity contribution in [3.05, 3.63) is 29.3 Å². The van der Waals surface area contributed by atoms with Gasteiger partial charge in [-0.25, -0.2) is 0 Å². The summed E-state index contributed by atoms with van der Waals surface area (Å²) in [4.78, 5) is 34.6. The average Bonchev–Trinajstić information content (AvgIpc) is 2.60. The molecule has 8 heteroatoms. The number of carbonyl (C=O) groups is 3. The van der Waals surface area contributed by atoms with Crippen LogP contribution in [0.5, 0.6) is 0 Å². The molecule has 2 rings (SSSR count). The number of imide groups is 1. The lowest BCUT2D eigenvalue weighted by atomic mass is 10.3. The number of carbonyl (C=O) groups excluding carboxylic acids is 2. The molecular weight excluding hydrogens is 292 g/mol. The minimum atomic E-state index is -1.23. The summed E-state index contributed by atoms with van der Waals surface area (Å²) in [5.74, 6) is -1.79. The average molecular weight is 301 g/mol. The minimum Gasteiger partial charge on any atom is -0.480 e. The number of hydrogen-bond acceptors (Lipinski definition) is 5. The molecule has 0 unspecified atom stereocenters. The van der Waals surface area contributed by atoms with Gasteiger partial charge in [0.1, 0.15) is 6.54 Å². The molecule has 0 radical (unpaired) electrons. The number of amides is 2. The predicted octanol–water partition coefficient (Wildman–Crippen LogP) is 1.86. The van der Waals surface area contributed by atoms with Crippen molar-refractivity contribution in [3.63, 3.8) is 0 Å². The van der Waals surface area contributed by atoms with Crippen LogP contribution in [0.2, 0.25) is 5.02 Å². The second-order valence-corrected chi connectivity index (χ2v) is 5.23. The SMILES string of the molecule is O=C(O)CN1C(=O)S[C@@H](Nc2ccc(Cl)cc2)C1=O. The van der Waals surface area contributed by atoms with Crippen molar-refractivity contribution in [3.8, 4) is 0 Å². The van der Waals surface area contributed by atoms with E-state index in [9.17, 15) is 14.4 Å². The Labute approximate surface area is 117 Å². The zero-order valence-corrected chi connectivity index (χ0v) is 11.1. The van der Waals surface area contributed by atoms with Crippen molar-refractivity contribution in [1.29, 1.82) is 0 Å². The van der Waals surface area contributed by atoms with Crippen molar-refractivity contribution in [1.82, 2.24) is 4.90 Å². The van der Waals surface area contributed by atoms with Gasteiger partial charge in [0.2, 0.25) is 0 Å². The Balaban J connectivity index is 2.06. The summed E-state index contributed by atoms with van der Waals surface area (Å²) in [7, 11) is 0. The van der Waals surface area contributed by atoms with Crippen LogP contribution in [0.1, 0.15) is 0 Å². The summed E-state index contributed by atoms with van der Waals surface area (Å²) in [6, 6.07) is 6.62. The van der Waals surface area contributed by atoms with Gasteiger partial charge in [-0.2, -0.15) is 0 Å². The van der Waals surface area contributed by atoms with Gasteiger partial charge in [-0.05, 0) is 36.0 Å². The first-order valence-electron chi connectivity index (χ1n) is 5.23. The molecule has 0 spiro atoms. The standard InChI is InChI=1S/C11H9ClN2O4S/c12-6-1-3-7(4-2-6)13-9-10(17)14(5-8(15)16)11(18)19-9/h1-4,9,13H,5H2,(H,15,16)/t9-/m1/s1. The summed E-state index contributed by atoms with van der Waals surface area (Å²) in [5, 5.41) is 10.6. The number of benzene rings is 1. The maximum atomic E-state index is 11.9. The molecule has 0 saturated carbocycles. The summed E-state index contributed by atoms with van der Waals surface area (Å²) in [5.41, 5.74) is 0.625. The quantitative estimate of drug-likeness (QED) is 0.882. The Morgan fingerprint density at radius 3 is 2.58 bits per heavy atom. The van der Waals surface area contributed by atoms with E-state index in [1.165, 1.54) is 0 Å². The summed E-state index contributed by atoms with van der Waals surface area (Å²) >= 11 is 6.49. The number of aliphatic carboxylic acids is 1. The van der Waals surface area contributed by atoms with E-state index in [0.29, 0.717) is 15.6 Å². The second-order valence-electron chi connectivity index (χ2n) is 3.73. The van der Waals surface area contributed by atoms with Gasteiger partial charge in [-0.15, -0.1) is 0 Å². The molecule has 1 aliphatic rings. The molecule has 1 atom stereocenters. The van der Waals surface area contributed by atoms with E-state index in [1.54, 1.807) is 24.3 Å². The third-order valence-corrected chi connectivity index (χ3v) is 3.59. The van der Waals surface area contributed by atoms with Crippen LogP contribution >= 0.6 is 23.4 Å². The minimum absolute atomic E-state index is 0.555. The van der Waals surface area contributed by atoms with Gasteiger partial charge in [0.25, 0.3) is 11.1 Å². The normalized spacial score (nSPS) is 18.8. The van der Waals surface area contributed by atoms with Gasteiger partial charge >= 0.3 is 5.97 Å². The van der Waals surface area contributed by atoms with Crippen molar-refractivity contribution in [2.45, 2.75) is 5.37 Å². The molecule has 100 valence electrons. The fourth-order valence-corrected chi connectivity index (χ4v) is 2.55. The van der Waals surface area contributed by atoms with Crippen molar-refractivity contribution in [2.75, 3.05) is 11.9 Å². The van der Waals surface area contributed by atoms with Crippen LogP contribution in [-0.2, 0) is 9.59 Å². The Morgan fingerprint density at radius 1 is 1.37 bits per heavy atom. The van der Waals surface area contributed by atoms with Gasteiger partial charge in [0.15, 0.2) is 5.37 Å². The number of nitrogens with zero attached hydrogens (tertiary/aromatic N) is 1. The van der Waals surface area contributed by atoms with Gasteiger partial charge in [-0.1, -0.05) is 11.6 Å². The number of nitrogens with one attached hydrogen (secondary N) is 1. The largest absolute Gasteiger partial charge is 0.480 e. The number of rotatable bonds is 4. The van der Waals surface area contributed by atoms with Crippen LogP contribution in [0, 0.1) is 0 Å². The van der Waals surface area contributed by atoms with Crippen molar-refractivity contribution >= 4 is 46.2 Å². The molecule has 1 fully saturated rings. The lowest BCUT2D eigenvalue weighted by Crippen LogP contribution is -2.37. The lowest BCUT2D eigenvalue weighted by molar-refractivity contribution is -0.141. The van der Waals surface area contributed by atoms with Gasteiger partial charge in [-0.3, -0.25) is 19.3 Å². The Kier molecular flexibility index (Phi) is 3.96. The van der Waals surface area contributed by atoms with Gasteiger partial charge in [0.05, 0.1) is 0 Å². The first kappa shape index (κ1) is 13.7. The Morgan fingerprint density at radius 2 is 2.00 bits per heavy atom. The third kappa shape index (κ3) is 3.18. The molecule has 1 aromatic carbocycles. The lowest BCUT2D eigenvalue weighted by Gasteiger charge is -2.12. The molecule has 19 heavy (non-hydrogen) atoms. The third-order valence-electron chi connectivity index (χ3n) is 2.36. The van der Waals surface area contributed by atoms with Gasteiger partial charge < -0.3 is 10.4 Å². The van der Waals surface area contributed by atoms with Crippen LogP contribution < -0.4 is 5.32 Å². The summed E-state index contributed by atoms with van der Waals surface area (Å²) in [6.45, 7) is -0.622. The smallest absolute Gasteiger partial charge is 0.323 e. The van der Waals surface area contributed by atoms with E-state index < -0.39 is 29.0 Å². The first-order valence-corrected chi connectivity index (χ1v) is 6.49. The molecule has 0 aliphatic carbocycles. The molecule has 1 aliphatic heterocycles. The highest BCUT2D eigenvalue weighted by atomic mass is 35.5. The highest BCUT2D eigenvalue weighted by Crippen LogP contribution is 2.28. The van der Waals surface area contributed by atoms with Crippen LogP contribution in [0.3, 0.4) is 0 Å². The molecule has 0 bridgehead atoms. The topological polar surface area (TPSA) is 86.7 Å². The van der Waals surface area contributed by atoms with Crippen LogP contribution in [0.4, 0.5) is 10.5 Å². The van der Waals surface area contributed by atoms with E-state index in [0.717, 1.165) is 11.8 Å². The Bertz CT molecular complexity index is 534. The first-order chi connectivity index (χ1) is 8.97. The maximum Gasteiger partial charge on any atom is 0.323 e. The number of carboxylic acids is 1. The fourth-order valence-electron chi connectivity index (χ4n) is 1.51. The van der Waals surface area contributed by atoms with E-state index in [2.05, 4.69) is 5.32 Å². The number of hydrogen-bond donors (Lipinski definition) is 2. The van der Waals surface area contributed by atoms with E-state index >= 15 is 0 Å². The molecule has 6 nitrogen and oxygen atoms in total. The monoisotopic (exact) mass is 300 g/mol. The molecule has 1 saturated heterocycles.